The predicted octanol–water partition coefficient (Wildman–Crippen LogP) is 5.31. The Morgan fingerprint density at radius 1 is 0.882 bits per heavy atom. The van der Waals surface area contributed by atoms with Crippen LogP contribution in [0.5, 0.6) is 0 Å². The summed E-state index contributed by atoms with van der Waals surface area (Å²) in [5.41, 5.74) is 5.70. The number of aromatic nitrogens is 3. The fourth-order valence-corrected chi connectivity index (χ4v) is 4.14. The number of aryl methyl sites for hydroxylation is 6. The molecule has 6 nitrogen and oxygen atoms in total. The monoisotopic (exact) mass is 497 g/mol. The van der Waals surface area contributed by atoms with Crippen molar-refractivity contribution in [1.29, 1.82) is 0 Å². The second-order valence-electron chi connectivity index (χ2n) is 8.81. The van der Waals surface area contributed by atoms with Gasteiger partial charge in [0, 0.05) is 5.56 Å². The van der Waals surface area contributed by atoms with Crippen molar-refractivity contribution in [3.05, 3.63) is 63.8 Å². The topological polar surface area (TPSA) is 78.9 Å². The number of nitrogens with zero attached hydrogens (tertiary/aromatic N) is 3. The van der Waals surface area contributed by atoms with Crippen LogP contribution in [0, 0.1) is 41.5 Å². The van der Waals surface area contributed by atoms with Crippen LogP contribution in [0.3, 0.4) is 0 Å². The highest BCUT2D eigenvalue weighted by Crippen LogP contribution is 2.29. The van der Waals surface area contributed by atoms with Gasteiger partial charge in [-0.25, -0.2) is 8.42 Å². The first-order valence-electron chi connectivity index (χ1n) is 10.6. The molecule has 0 fully saturated rings. The lowest BCUT2D eigenvalue weighted by atomic mass is 9.97. The lowest BCUT2D eigenvalue weighted by Crippen LogP contribution is -2.35. The first kappa shape index (κ1) is 27.5. The summed E-state index contributed by atoms with van der Waals surface area (Å²) in [7, 11) is -6.09. The van der Waals surface area contributed by atoms with E-state index in [1.807, 2.05) is 0 Å². The Morgan fingerprint density at radius 2 is 1.26 bits per heavy atom. The Labute approximate surface area is 198 Å². The molecule has 1 heterocycles. The van der Waals surface area contributed by atoms with Gasteiger partial charge in [-0.2, -0.15) is 13.2 Å². The maximum absolute atomic E-state index is 10.7. The van der Waals surface area contributed by atoms with E-state index >= 15 is 0 Å². The molecule has 1 aromatic heterocycles. The molecule has 0 saturated carbocycles. The van der Waals surface area contributed by atoms with E-state index in [1.54, 1.807) is 0 Å². The zero-order chi connectivity index (χ0) is 26.2. The van der Waals surface area contributed by atoms with E-state index in [0.717, 1.165) is 0 Å². The molecule has 10 heteroatoms. The zero-order valence-corrected chi connectivity index (χ0v) is 21.4. The predicted molar refractivity (Wildman–Crippen MR) is 124 cm³/mol. The largest absolute Gasteiger partial charge is 0.741 e. The van der Waals surface area contributed by atoms with Crippen LogP contribution in [0.15, 0.2) is 30.5 Å². The van der Waals surface area contributed by atoms with Gasteiger partial charge >= 0.3 is 5.51 Å². The summed E-state index contributed by atoms with van der Waals surface area (Å²) in [5.74, 6) is 0. The Morgan fingerprint density at radius 3 is 1.62 bits per heavy atom. The highest BCUT2D eigenvalue weighted by atomic mass is 32.2. The van der Waals surface area contributed by atoms with E-state index in [0.29, 0.717) is 0 Å². The Kier molecular flexibility index (Phi) is 7.99. The van der Waals surface area contributed by atoms with Crippen LogP contribution in [0.2, 0.25) is 0 Å². The summed E-state index contributed by atoms with van der Waals surface area (Å²) < 4.78 is 63.1. The van der Waals surface area contributed by atoms with Gasteiger partial charge in [0.05, 0.1) is 5.21 Å². The standard InChI is InChI=1S/C23H30N3.CHF3O3S/c1-14(2)26-21(22-17(5)9-15(3)10-18(22)6)13-25(24-26)23-19(7)11-16(4)12-20(23)8;2-1(3,4)8(5,6)7/h9-14H,1-8H3;(H,5,6,7)/q+1;/p-1. The molecule has 34 heavy (non-hydrogen) atoms. The van der Waals surface area contributed by atoms with Crippen molar-refractivity contribution in [3.63, 3.8) is 0 Å². The summed E-state index contributed by atoms with van der Waals surface area (Å²) in [5, 5.41) is 4.95. The third-order valence-corrected chi connectivity index (χ3v) is 5.82. The maximum atomic E-state index is 10.7. The average molecular weight is 498 g/mol. The molecule has 0 unspecified atom stereocenters. The quantitative estimate of drug-likeness (QED) is 0.279. The van der Waals surface area contributed by atoms with Crippen molar-refractivity contribution < 1.29 is 30.8 Å². The molecule has 0 aliphatic carbocycles. The van der Waals surface area contributed by atoms with Crippen LogP contribution in [0.4, 0.5) is 13.2 Å². The first-order chi connectivity index (χ1) is 15.4. The molecule has 0 aliphatic rings. The van der Waals surface area contributed by atoms with Gasteiger partial charge < -0.3 is 4.55 Å². The SMILES string of the molecule is Cc1cc(C)c(-c2c[n+](-c3c(C)cc(C)cc3C)nn2C(C)C)c(C)c1.O=S(=O)([O-])C(F)(F)F. The number of benzene rings is 2. The molecule has 0 radical (unpaired) electrons. The summed E-state index contributed by atoms with van der Waals surface area (Å²) in [6, 6.07) is 9.26. The second kappa shape index (κ2) is 9.87. The maximum Gasteiger partial charge on any atom is 0.485 e. The van der Waals surface area contributed by atoms with Gasteiger partial charge in [-0.05, 0) is 77.6 Å². The van der Waals surface area contributed by atoms with Crippen LogP contribution < -0.4 is 4.68 Å². The van der Waals surface area contributed by atoms with Crippen molar-refractivity contribution in [2.75, 3.05) is 0 Å². The number of halogens is 3. The van der Waals surface area contributed by atoms with Crippen molar-refractivity contribution in [3.8, 4) is 16.9 Å². The summed E-state index contributed by atoms with van der Waals surface area (Å²) >= 11 is 0. The molecule has 0 aliphatic heterocycles. The summed E-state index contributed by atoms with van der Waals surface area (Å²) in [6.07, 6.45) is 2.19. The van der Waals surface area contributed by atoms with Gasteiger partial charge in [0.2, 0.25) is 0 Å². The molecule has 0 saturated heterocycles. The minimum absolute atomic E-state index is 0.289. The number of alkyl halides is 3. The van der Waals surface area contributed by atoms with Gasteiger partial charge in [0.25, 0.3) is 0 Å². The lowest BCUT2D eigenvalue weighted by molar-refractivity contribution is -0.662. The van der Waals surface area contributed by atoms with Gasteiger partial charge in [-0.3, -0.25) is 0 Å². The van der Waals surface area contributed by atoms with Gasteiger partial charge in [0.1, 0.15) is 6.04 Å². The molecule has 3 aromatic rings. The molecular formula is C24H30F3N3O3S. The van der Waals surface area contributed by atoms with E-state index in [4.69, 9.17) is 18.2 Å². The third-order valence-electron chi connectivity index (χ3n) is 5.25. The Hall–Kier alpha value is -2.72. The molecule has 0 bridgehead atoms. The van der Waals surface area contributed by atoms with Gasteiger partial charge in [-0.1, -0.05) is 35.4 Å². The molecule has 0 atom stereocenters. The molecule has 186 valence electrons. The highest BCUT2D eigenvalue weighted by Gasteiger charge is 2.37. The lowest BCUT2D eigenvalue weighted by Gasteiger charge is -2.10. The fraction of sp³-hybridized carbons (Fsp3) is 0.417. The number of rotatable bonds is 3. The summed E-state index contributed by atoms with van der Waals surface area (Å²) in [4.78, 5) is 0. The van der Waals surface area contributed by atoms with Gasteiger partial charge in [0.15, 0.2) is 27.7 Å². The van der Waals surface area contributed by atoms with E-state index in [1.165, 1.54) is 50.3 Å². The van der Waals surface area contributed by atoms with E-state index < -0.39 is 15.6 Å². The van der Waals surface area contributed by atoms with Crippen LogP contribution >= 0.6 is 0 Å². The molecule has 2 aromatic carbocycles. The van der Waals surface area contributed by atoms with Crippen LogP contribution in [-0.2, 0) is 10.1 Å². The van der Waals surface area contributed by atoms with Crippen LogP contribution in [0.1, 0.15) is 53.3 Å². The Bertz CT molecular complexity index is 1260. The summed E-state index contributed by atoms with van der Waals surface area (Å²) in [6.45, 7) is 17.4. The minimum Gasteiger partial charge on any atom is -0.741 e. The van der Waals surface area contributed by atoms with E-state index in [2.05, 4.69) is 95.2 Å². The van der Waals surface area contributed by atoms with Crippen molar-refractivity contribution in [1.82, 2.24) is 9.90 Å². The number of hydrogen-bond donors (Lipinski definition) is 0. The average Bonchev–Trinajstić information content (AvgIpc) is 3.03. The molecular weight excluding hydrogens is 467 g/mol. The van der Waals surface area contributed by atoms with E-state index in [9.17, 15) is 13.2 Å². The van der Waals surface area contributed by atoms with Gasteiger partial charge in [-0.15, -0.1) is 9.36 Å². The number of hydrogen-bond acceptors (Lipinski definition) is 4. The zero-order valence-electron chi connectivity index (χ0n) is 20.6. The van der Waals surface area contributed by atoms with E-state index in [-0.39, 0.29) is 6.04 Å². The normalized spacial score (nSPS) is 12.0. The van der Waals surface area contributed by atoms with Crippen molar-refractivity contribution >= 4 is 10.1 Å². The first-order valence-corrected chi connectivity index (χ1v) is 12.0. The molecule has 3 rings (SSSR count). The van der Waals surface area contributed by atoms with Crippen molar-refractivity contribution in [2.24, 2.45) is 0 Å². The Balaban J connectivity index is 0.000000440. The van der Waals surface area contributed by atoms with Crippen molar-refractivity contribution in [2.45, 2.75) is 66.9 Å². The molecule has 0 amide bonds. The third kappa shape index (κ3) is 6.04. The second-order valence-corrected chi connectivity index (χ2v) is 10.2. The minimum atomic E-state index is -6.09. The molecule has 0 N–H and O–H groups in total. The molecule has 0 spiro atoms. The van der Waals surface area contributed by atoms with Crippen LogP contribution in [0.25, 0.3) is 16.9 Å². The highest BCUT2D eigenvalue weighted by molar-refractivity contribution is 7.86. The fourth-order valence-electron chi connectivity index (χ4n) is 4.14. The van der Waals surface area contributed by atoms with Crippen LogP contribution in [-0.4, -0.2) is 28.4 Å². The smallest absolute Gasteiger partial charge is 0.485 e.